The Bertz CT molecular complexity index is 593. The number of hydrogen-bond acceptors (Lipinski definition) is 5. The van der Waals surface area contributed by atoms with Crippen molar-refractivity contribution in [2.45, 2.75) is 32.9 Å². The van der Waals surface area contributed by atoms with Crippen LogP contribution in [0.3, 0.4) is 0 Å². The zero-order valence-electron chi connectivity index (χ0n) is 13.0. The van der Waals surface area contributed by atoms with Crippen LogP contribution in [0.2, 0.25) is 0 Å². The zero-order chi connectivity index (χ0) is 15.5. The molecule has 5 nitrogen and oxygen atoms in total. The molecular formula is C16H22N4O. The smallest absolute Gasteiger partial charge is 0.239 e. The van der Waals surface area contributed by atoms with Crippen LogP contribution in [-0.4, -0.2) is 22.6 Å². The molecule has 0 radical (unpaired) electrons. The number of aromatic nitrogens is 2. The second-order valence-electron chi connectivity index (χ2n) is 5.99. The normalized spacial score (nSPS) is 11.2. The highest BCUT2D eigenvalue weighted by molar-refractivity contribution is 5.54. The van der Waals surface area contributed by atoms with E-state index in [-0.39, 0.29) is 5.60 Å². The van der Waals surface area contributed by atoms with Crippen LogP contribution in [0.1, 0.15) is 26.3 Å². The monoisotopic (exact) mass is 286 g/mol. The Balaban J connectivity index is 2.18. The van der Waals surface area contributed by atoms with E-state index in [4.69, 9.17) is 10.5 Å². The summed E-state index contributed by atoms with van der Waals surface area (Å²) in [5, 5.41) is 0. The first-order valence-electron chi connectivity index (χ1n) is 6.91. The quantitative estimate of drug-likeness (QED) is 0.936. The second-order valence-corrected chi connectivity index (χ2v) is 5.99. The van der Waals surface area contributed by atoms with Crippen LogP contribution >= 0.6 is 0 Å². The van der Waals surface area contributed by atoms with E-state index in [1.54, 1.807) is 12.4 Å². The van der Waals surface area contributed by atoms with Crippen molar-refractivity contribution >= 4 is 11.5 Å². The number of rotatable bonds is 4. The van der Waals surface area contributed by atoms with Gasteiger partial charge in [0.05, 0.1) is 5.69 Å². The molecule has 2 rings (SSSR count). The zero-order valence-corrected chi connectivity index (χ0v) is 13.0. The highest BCUT2D eigenvalue weighted by Crippen LogP contribution is 2.26. The molecule has 2 heterocycles. The van der Waals surface area contributed by atoms with Crippen molar-refractivity contribution in [3.05, 3.63) is 42.2 Å². The molecule has 0 unspecified atom stereocenters. The number of hydrogen-bond donors (Lipinski definition) is 1. The van der Waals surface area contributed by atoms with E-state index in [1.807, 2.05) is 57.0 Å². The first-order valence-corrected chi connectivity index (χ1v) is 6.91. The molecule has 0 amide bonds. The highest BCUT2D eigenvalue weighted by atomic mass is 16.5. The van der Waals surface area contributed by atoms with Gasteiger partial charge in [-0.2, -0.15) is 4.98 Å². The number of nitrogens with zero attached hydrogens (tertiary/aromatic N) is 3. The minimum absolute atomic E-state index is 0.330. The van der Waals surface area contributed by atoms with E-state index in [0.29, 0.717) is 11.6 Å². The molecule has 2 N–H and O–H groups in total. The third-order valence-electron chi connectivity index (χ3n) is 2.84. The maximum atomic E-state index is 5.94. The van der Waals surface area contributed by atoms with Crippen LogP contribution in [0, 0.1) is 0 Å². The van der Waals surface area contributed by atoms with Gasteiger partial charge >= 0.3 is 0 Å². The third kappa shape index (κ3) is 4.34. The number of nitrogens with two attached hydrogens (primary N) is 1. The Morgan fingerprint density at radius 3 is 2.43 bits per heavy atom. The lowest BCUT2D eigenvalue weighted by molar-refractivity contribution is 0.125. The summed E-state index contributed by atoms with van der Waals surface area (Å²) in [6, 6.07) is 7.69. The SMILES string of the molecule is CN(Cc1ccncc1)c1ccc(N)c(OC(C)(C)C)n1. The molecule has 0 aromatic carbocycles. The Kier molecular flexibility index (Phi) is 4.31. The minimum atomic E-state index is -0.330. The Morgan fingerprint density at radius 2 is 1.81 bits per heavy atom. The van der Waals surface area contributed by atoms with E-state index in [1.165, 1.54) is 5.56 Å². The number of anilines is 2. The number of nitrogen functional groups attached to an aromatic ring is 1. The minimum Gasteiger partial charge on any atom is -0.470 e. The summed E-state index contributed by atoms with van der Waals surface area (Å²) in [5.41, 5.74) is 7.32. The lowest BCUT2D eigenvalue weighted by Crippen LogP contribution is -2.25. The fraction of sp³-hybridized carbons (Fsp3) is 0.375. The van der Waals surface area contributed by atoms with Gasteiger partial charge in [0.2, 0.25) is 5.88 Å². The van der Waals surface area contributed by atoms with E-state index in [0.717, 1.165) is 12.4 Å². The molecule has 0 atom stereocenters. The molecule has 0 spiro atoms. The molecular weight excluding hydrogens is 264 g/mol. The predicted octanol–water partition coefficient (Wildman–Crippen LogP) is 2.87. The van der Waals surface area contributed by atoms with Crippen LogP contribution in [0.4, 0.5) is 11.5 Å². The van der Waals surface area contributed by atoms with Crippen molar-refractivity contribution < 1.29 is 4.74 Å². The van der Waals surface area contributed by atoms with Crippen molar-refractivity contribution in [3.8, 4) is 5.88 Å². The van der Waals surface area contributed by atoms with Gasteiger partial charge in [-0.25, -0.2) is 0 Å². The summed E-state index contributed by atoms with van der Waals surface area (Å²) in [7, 11) is 1.99. The standard InChI is InChI=1S/C16H22N4O/c1-16(2,3)21-15-13(17)5-6-14(19-15)20(4)11-12-7-9-18-10-8-12/h5-10H,11,17H2,1-4H3. The van der Waals surface area contributed by atoms with Crippen molar-refractivity contribution in [2.75, 3.05) is 17.7 Å². The third-order valence-corrected chi connectivity index (χ3v) is 2.84. The summed E-state index contributed by atoms with van der Waals surface area (Å²) >= 11 is 0. The van der Waals surface area contributed by atoms with Gasteiger partial charge in [0.1, 0.15) is 11.4 Å². The van der Waals surface area contributed by atoms with Crippen molar-refractivity contribution in [2.24, 2.45) is 0 Å². The molecule has 0 saturated carbocycles. The van der Waals surface area contributed by atoms with E-state index in [9.17, 15) is 0 Å². The summed E-state index contributed by atoms with van der Waals surface area (Å²) in [4.78, 5) is 10.6. The summed E-state index contributed by atoms with van der Waals surface area (Å²) in [5.74, 6) is 1.29. The van der Waals surface area contributed by atoms with Gasteiger partial charge in [-0.05, 0) is 50.6 Å². The molecule has 112 valence electrons. The van der Waals surface area contributed by atoms with Gasteiger partial charge in [0.15, 0.2) is 0 Å². The van der Waals surface area contributed by atoms with Crippen LogP contribution in [0.15, 0.2) is 36.7 Å². The van der Waals surface area contributed by atoms with Gasteiger partial charge in [-0.15, -0.1) is 0 Å². The van der Waals surface area contributed by atoms with Crippen LogP contribution < -0.4 is 15.4 Å². The molecule has 5 heteroatoms. The average molecular weight is 286 g/mol. The molecule has 0 fully saturated rings. The van der Waals surface area contributed by atoms with Gasteiger partial charge in [-0.1, -0.05) is 0 Å². The van der Waals surface area contributed by atoms with Crippen molar-refractivity contribution in [3.63, 3.8) is 0 Å². The van der Waals surface area contributed by atoms with E-state index < -0.39 is 0 Å². The largest absolute Gasteiger partial charge is 0.470 e. The van der Waals surface area contributed by atoms with Crippen molar-refractivity contribution in [1.82, 2.24) is 9.97 Å². The Hall–Kier alpha value is -2.30. The fourth-order valence-electron chi connectivity index (χ4n) is 1.87. The number of ether oxygens (including phenoxy) is 1. The molecule has 0 aliphatic carbocycles. The summed E-state index contributed by atoms with van der Waals surface area (Å²) in [6.07, 6.45) is 3.57. The van der Waals surface area contributed by atoms with Gasteiger partial charge in [-0.3, -0.25) is 4.98 Å². The van der Waals surface area contributed by atoms with Gasteiger partial charge < -0.3 is 15.4 Å². The predicted molar refractivity (Wildman–Crippen MR) is 85.4 cm³/mol. The maximum absolute atomic E-state index is 5.94. The molecule has 0 bridgehead atoms. The summed E-state index contributed by atoms with van der Waals surface area (Å²) < 4.78 is 5.80. The molecule has 21 heavy (non-hydrogen) atoms. The lowest BCUT2D eigenvalue weighted by atomic mass is 10.2. The highest BCUT2D eigenvalue weighted by Gasteiger charge is 2.16. The fourth-order valence-corrected chi connectivity index (χ4v) is 1.87. The van der Waals surface area contributed by atoms with Crippen LogP contribution in [0.25, 0.3) is 0 Å². The summed E-state index contributed by atoms with van der Waals surface area (Å²) in [6.45, 7) is 6.67. The lowest BCUT2D eigenvalue weighted by Gasteiger charge is -2.24. The molecule has 2 aromatic rings. The molecule has 0 saturated heterocycles. The van der Waals surface area contributed by atoms with Crippen LogP contribution in [-0.2, 0) is 6.54 Å². The maximum Gasteiger partial charge on any atom is 0.239 e. The van der Waals surface area contributed by atoms with Gasteiger partial charge in [0, 0.05) is 26.0 Å². The molecule has 2 aromatic heterocycles. The van der Waals surface area contributed by atoms with Crippen molar-refractivity contribution in [1.29, 1.82) is 0 Å². The molecule has 0 aliphatic rings. The number of pyridine rings is 2. The average Bonchev–Trinajstić information content (AvgIpc) is 2.41. The Morgan fingerprint density at radius 1 is 1.14 bits per heavy atom. The van der Waals surface area contributed by atoms with Gasteiger partial charge in [0.25, 0.3) is 0 Å². The first-order chi connectivity index (χ1) is 9.85. The van der Waals surface area contributed by atoms with Crippen LogP contribution in [0.5, 0.6) is 5.88 Å². The Labute approximate surface area is 125 Å². The topological polar surface area (TPSA) is 64.3 Å². The second kappa shape index (κ2) is 5.99. The van der Waals surface area contributed by atoms with E-state index >= 15 is 0 Å². The molecule has 0 aliphatic heterocycles. The van der Waals surface area contributed by atoms with E-state index in [2.05, 4.69) is 9.97 Å². The first kappa shape index (κ1) is 15.1.